The number of rotatable bonds is 3. The summed E-state index contributed by atoms with van der Waals surface area (Å²) in [7, 11) is 3.75. The zero-order valence-electron chi connectivity index (χ0n) is 11.8. The van der Waals surface area contributed by atoms with Crippen molar-refractivity contribution in [2.45, 2.75) is 26.7 Å². The van der Waals surface area contributed by atoms with E-state index in [9.17, 15) is 4.39 Å². The molecule has 0 amide bonds. The van der Waals surface area contributed by atoms with Gasteiger partial charge in [0.15, 0.2) is 0 Å². The van der Waals surface area contributed by atoms with Crippen LogP contribution in [0.5, 0.6) is 0 Å². The van der Waals surface area contributed by atoms with Crippen molar-refractivity contribution in [2.75, 3.05) is 21.4 Å². The number of benzene rings is 1. The Labute approximate surface area is 120 Å². The van der Waals surface area contributed by atoms with Gasteiger partial charge < -0.3 is 4.74 Å². The highest BCUT2D eigenvalue weighted by Gasteiger charge is 2.05. The monoisotopic (exact) mass is 296 g/mol. The second-order valence-electron chi connectivity index (χ2n) is 4.04. The van der Waals surface area contributed by atoms with Crippen LogP contribution in [0.3, 0.4) is 0 Å². The van der Waals surface area contributed by atoms with Gasteiger partial charge in [0, 0.05) is 24.3 Å². The molecule has 1 nitrogen and oxygen atoms in total. The van der Waals surface area contributed by atoms with Crippen LogP contribution in [0.4, 0.5) is 4.39 Å². The molecule has 1 aromatic rings. The minimum atomic E-state index is 0.500. The Morgan fingerprint density at radius 1 is 1.11 bits per heavy atom. The third-order valence-corrected chi connectivity index (χ3v) is 2.74. The second kappa shape index (κ2) is 13.1. The highest BCUT2D eigenvalue weighted by atomic mass is 35.5. The van der Waals surface area contributed by atoms with E-state index in [1.165, 1.54) is 0 Å². The molecular weight excluding hydrogens is 274 g/mol. The van der Waals surface area contributed by atoms with Crippen LogP contribution in [-0.2, 0) is 11.2 Å². The fraction of sp³-hybridized carbons (Fsp3) is 0.571. The van der Waals surface area contributed by atoms with Gasteiger partial charge in [0.25, 0.3) is 0 Å². The first-order chi connectivity index (χ1) is 8.52. The Kier molecular flexibility index (Phi) is 14.6. The van der Waals surface area contributed by atoms with Crippen LogP contribution in [-0.4, -0.2) is 21.4 Å². The molecule has 0 heterocycles. The summed E-state index contributed by atoms with van der Waals surface area (Å²) in [5.41, 5.74) is 1.08. The third kappa shape index (κ3) is 9.69. The van der Waals surface area contributed by atoms with Crippen molar-refractivity contribution < 1.29 is 9.13 Å². The Balaban J connectivity index is 0. The molecule has 1 aromatic carbocycles. The lowest BCUT2D eigenvalue weighted by molar-refractivity contribution is 0.277. The largest absolute Gasteiger partial charge is 0.388 e. The summed E-state index contributed by atoms with van der Waals surface area (Å²) in [4.78, 5) is 0. The van der Waals surface area contributed by atoms with Crippen LogP contribution >= 0.6 is 23.2 Å². The Hall–Kier alpha value is -0.310. The van der Waals surface area contributed by atoms with E-state index in [0.29, 0.717) is 13.1 Å². The summed E-state index contributed by atoms with van der Waals surface area (Å²) in [5.74, 6) is 0.687. The van der Waals surface area contributed by atoms with E-state index in [4.69, 9.17) is 23.2 Å². The van der Waals surface area contributed by atoms with Gasteiger partial charge in [0.2, 0.25) is 0 Å². The summed E-state index contributed by atoms with van der Waals surface area (Å²) in [5, 5.41) is 1.57. The zero-order valence-corrected chi connectivity index (χ0v) is 13.3. The fourth-order valence-electron chi connectivity index (χ4n) is 1.20. The molecular formula is C14H23Cl2FO. The highest BCUT2D eigenvalue weighted by Crippen LogP contribution is 2.26. The number of alkyl halides is 1. The van der Waals surface area contributed by atoms with Gasteiger partial charge in [-0.05, 0) is 36.5 Å². The van der Waals surface area contributed by atoms with Crippen LogP contribution < -0.4 is 0 Å². The van der Waals surface area contributed by atoms with E-state index in [1.807, 2.05) is 18.2 Å². The molecule has 106 valence electrons. The molecule has 0 atom stereocenters. The molecule has 0 radical (unpaired) electrons. The molecule has 0 saturated heterocycles. The maximum atomic E-state index is 9.50. The van der Waals surface area contributed by atoms with Crippen LogP contribution in [0.15, 0.2) is 18.2 Å². The van der Waals surface area contributed by atoms with E-state index in [1.54, 1.807) is 14.2 Å². The molecule has 0 aliphatic heterocycles. The molecule has 0 spiro atoms. The van der Waals surface area contributed by atoms with Crippen molar-refractivity contribution in [1.82, 2.24) is 0 Å². The smallest absolute Gasteiger partial charge is 0.0785 e. The first kappa shape index (κ1) is 20.0. The number of ether oxygens (including phenoxy) is 1. The van der Waals surface area contributed by atoms with Crippen LogP contribution in [0.1, 0.15) is 25.8 Å². The first-order valence-corrected chi connectivity index (χ1v) is 6.49. The van der Waals surface area contributed by atoms with Crippen LogP contribution in [0, 0.1) is 5.92 Å². The normalized spacial score (nSPS) is 9.17. The number of halogens is 3. The van der Waals surface area contributed by atoms with Gasteiger partial charge in [-0.3, -0.25) is 4.39 Å². The van der Waals surface area contributed by atoms with Gasteiger partial charge >= 0.3 is 0 Å². The van der Waals surface area contributed by atoms with Crippen molar-refractivity contribution in [3.05, 3.63) is 33.8 Å². The van der Waals surface area contributed by atoms with Gasteiger partial charge in [0.05, 0.1) is 7.18 Å². The maximum absolute atomic E-state index is 9.50. The van der Waals surface area contributed by atoms with E-state index >= 15 is 0 Å². The summed E-state index contributed by atoms with van der Waals surface area (Å²) in [6.45, 7) is 4.40. The Morgan fingerprint density at radius 2 is 1.50 bits per heavy atom. The zero-order chi connectivity index (χ0) is 14.6. The lowest BCUT2D eigenvalue weighted by Gasteiger charge is -2.08. The van der Waals surface area contributed by atoms with Gasteiger partial charge in [-0.1, -0.05) is 43.1 Å². The second-order valence-corrected chi connectivity index (χ2v) is 4.86. The van der Waals surface area contributed by atoms with Gasteiger partial charge in [0.1, 0.15) is 0 Å². The average molecular weight is 297 g/mol. The minimum Gasteiger partial charge on any atom is -0.388 e. The number of hydrogen-bond acceptors (Lipinski definition) is 1. The number of hydrogen-bond donors (Lipinski definition) is 0. The SMILES string of the molecule is CC(C)CCc1c(Cl)cccc1Cl.CF.COC. The maximum Gasteiger partial charge on any atom is 0.0785 e. The summed E-state index contributed by atoms with van der Waals surface area (Å²) >= 11 is 12.1. The molecule has 18 heavy (non-hydrogen) atoms. The van der Waals surface area contributed by atoms with Gasteiger partial charge in [-0.25, -0.2) is 0 Å². The molecule has 0 fully saturated rings. The van der Waals surface area contributed by atoms with E-state index in [0.717, 1.165) is 28.5 Å². The van der Waals surface area contributed by atoms with Crippen molar-refractivity contribution >= 4 is 23.2 Å². The molecule has 4 heteroatoms. The predicted molar refractivity (Wildman–Crippen MR) is 79.6 cm³/mol. The first-order valence-electron chi connectivity index (χ1n) is 5.73. The topological polar surface area (TPSA) is 9.23 Å². The quantitative estimate of drug-likeness (QED) is 0.722. The van der Waals surface area contributed by atoms with Crippen molar-refractivity contribution in [2.24, 2.45) is 5.92 Å². The molecule has 0 bridgehead atoms. The van der Waals surface area contributed by atoms with Crippen molar-refractivity contribution in [3.63, 3.8) is 0 Å². The highest BCUT2D eigenvalue weighted by molar-refractivity contribution is 6.35. The lowest BCUT2D eigenvalue weighted by Crippen LogP contribution is -1.93. The average Bonchev–Trinajstić information content (AvgIpc) is 2.32. The van der Waals surface area contributed by atoms with Gasteiger partial charge in [-0.15, -0.1) is 0 Å². The molecule has 0 unspecified atom stereocenters. The van der Waals surface area contributed by atoms with Crippen LogP contribution in [0.25, 0.3) is 0 Å². The third-order valence-electron chi connectivity index (χ3n) is 2.03. The van der Waals surface area contributed by atoms with Crippen molar-refractivity contribution in [3.8, 4) is 0 Å². The summed E-state index contributed by atoms with van der Waals surface area (Å²) < 4.78 is 13.8. The van der Waals surface area contributed by atoms with E-state index in [-0.39, 0.29) is 0 Å². The fourth-order valence-corrected chi connectivity index (χ4v) is 1.79. The minimum absolute atomic E-state index is 0.500. The van der Waals surface area contributed by atoms with E-state index < -0.39 is 0 Å². The predicted octanol–water partition coefficient (Wildman–Crippen LogP) is 5.43. The molecule has 0 aromatic heterocycles. The van der Waals surface area contributed by atoms with E-state index in [2.05, 4.69) is 18.6 Å². The molecule has 0 aliphatic rings. The van der Waals surface area contributed by atoms with Crippen molar-refractivity contribution in [1.29, 1.82) is 0 Å². The standard InChI is InChI=1S/C11H14Cl2.C2H6O.CH3F/c1-8(2)6-7-9-10(12)4-3-5-11(9)13;1-3-2;1-2/h3-5,8H,6-7H2,1-2H3;1-2H3;1H3. The molecule has 0 N–H and O–H groups in total. The van der Waals surface area contributed by atoms with Gasteiger partial charge in [-0.2, -0.15) is 0 Å². The summed E-state index contributed by atoms with van der Waals surface area (Å²) in [6, 6.07) is 5.66. The summed E-state index contributed by atoms with van der Waals surface area (Å²) in [6.07, 6.45) is 2.10. The molecule has 0 aliphatic carbocycles. The molecule has 0 saturated carbocycles. The Bertz CT molecular complexity index is 284. The lowest BCUT2D eigenvalue weighted by atomic mass is 10.0. The molecule has 1 rings (SSSR count). The van der Waals surface area contributed by atoms with Crippen LogP contribution in [0.2, 0.25) is 10.0 Å². The Morgan fingerprint density at radius 3 is 1.83 bits per heavy atom. The number of methoxy groups -OCH3 is 1.